The number of rotatable bonds is 9. The van der Waals surface area contributed by atoms with Crippen molar-refractivity contribution < 1.29 is 31.9 Å². The number of alkyl halides is 3. The highest BCUT2D eigenvalue weighted by Crippen LogP contribution is 2.38. The van der Waals surface area contributed by atoms with E-state index in [2.05, 4.69) is 15.2 Å². The maximum Gasteiger partial charge on any atom is 0.416 e. The molecule has 2 aromatic carbocycles. The van der Waals surface area contributed by atoms with Crippen LogP contribution in [0.5, 0.6) is 5.75 Å². The Balaban J connectivity index is 1.74. The molecule has 0 saturated carbocycles. The number of carbonyl (C=O) groups excluding carboxylic acids is 2. The lowest BCUT2D eigenvalue weighted by Crippen LogP contribution is -2.42. The summed E-state index contributed by atoms with van der Waals surface area (Å²) in [6.07, 6.45) is -2.34. The molecule has 0 radical (unpaired) electrons. The molecule has 3 aromatic rings. The minimum absolute atomic E-state index is 0.193. The van der Waals surface area contributed by atoms with E-state index < -0.39 is 40.5 Å². The van der Waals surface area contributed by atoms with Crippen LogP contribution in [0.15, 0.2) is 53.5 Å². The first-order valence-corrected chi connectivity index (χ1v) is 12.7. The lowest BCUT2D eigenvalue weighted by Gasteiger charge is -2.30. The topological polar surface area (TPSA) is 94.7 Å². The van der Waals surface area contributed by atoms with Crippen LogP contribution in [0.1, 0.15) is 36.2 Å². The van der Waals surface area contributed by atoms with Crippen molar-refractivity contribution in [2.45, 2.75) is 26.4 Å². The number of benzene rings is 2. The van der Waals surface area contributed by atoms with E-state index >= 15 is 4.39 Å². The van der Waals surface area contributed by atoms with Crippen LogP contribution < -0.4 is 20.5 Å². The Kier molecular flexibility index (Phi) is 8.58. The Hall–Kier alpha value is -4.19. The molecule has 1 fully saturated rings. The molecule has 2 amide bonds. The van der Waals surface area contributed by atoms with Crippen LogP contribution in [0.3, 0.4) is 0 Å². The Morgan fingerprint density at radius 3 is 2.42 bits per heavy atom. The smallest absolute Gasteiger partial charge is 0.416 e. The predicted octanol–water partition coefficient (Wildman–Crippen LogP) is 4.72. The number of ether oxygens (including phenoxy) is 1. The minimum Gasteiger partial charge on any atom is -0.493 e. The average Bonchev–Trinajstić information content (AvgIpc) is 2.86. The molecule has 0 aliphatic carbocycles. The fraction of sp³-hybridized carbons (Fsp3) is 0.321. The fourth-order valence-corrected chi connectivity index (χ4v) is 4.40. The zero-order chi connectivity index (χ0) is 29.0. The number of nitrogens with zero attached hydrogens (tertiary/aromatic N) is 2. The lowest BCUT2D eigenvalue weighted by atomic mass is 10.0. The van der Waals surface area contributed by atoms with Crippen molar-refractivity contribution in [2.24, 2.45) is 0 Å². The third-order valence-electron chi connectivity index (χ3n) is 6.47. The second-order valence-electron chi connectivity index (χ2n) is 9.21. The molecular weight excluding hydrogens is 532 g/mol. The number of aromatic nitrogens is 1. The quantitative estimate of drug-likeness (QED) is 0.370. The van der Waals surface area contributed by atoms with E-state index in [0.717, 1.165) is 49.5 Å². The highest BCUT2D eigenvalue weighted by Gasteiger charge is 2.33. The van der Waals surface area contributed by atoms with Crippen molar-refractivity contribution in [1.82, 2.24) is 15.2 Å². The average molecular weight is 561 g/mol. The highest BCUT2D eigenvalue weighted by molar-refractivity contribution is 6.08. The Labute approximate surface area is 227 Å². The molecule has 1 saturated heterocycles. The van der Waals surface area contributed by atoms with Crippen LogP contribution in [-0.2, 0) is 11.0 Å². The first-order chi connectivity index (χ1) is 19.0. The number of amides is 2. The number of halogens is 4. The number of likely N-dealkylation sites (tertiary alicyclic amines) is 1. The standard InChI is InChI=1S/C28H28F4N4O4/c1-3-40-25-15-26(38)34-16-21(25)18-5-7-24(22(29)13-18)36(17(2)37)23-8-6-19(28(30,31)32)14-20(23)27(39)33-9-12-35-10-4-11-35/h5-8,13-16H,3-4,9-12H2,1-2H3,(H,33,39)(H,34,38). The number of anilines is 2. The maximum absolute atomic E-state index is 15.6. The largest absolute Gasteiger partial charge is 0.493 e. The van der Waals surface area contributed by atoms with E-state index in [-0.39, 0.29) is 30.3 Å². The molecule has 4 rings (SSSR count). The van der Waals surface area contributed by atoms with Gasteiger partial charge in [-0.05, 0) is 62.3 Å². The molecule has 212 valence electrons. The summed E-state index contributed by atoms with van der Waals surface area (Å²) in [5.41, 5.74) is -1.68. The molecule has 0 spiro atoms. The summed E-state index contributed by atoms with van der Waals surface area (Å²) in [5.74, 6) is -2.20. The van der Waals surface area contributed by atoms with E-state index in [1.165, 1.54) is 24.4 Å². The molecule has 1 aliphatic rings. The van der Waals surface area contributed by atoms with E-state index in [4.69, 9.17) is 4.74 Å². The summed E-state index contributed by atoms with van der Waals surface area (Å²) in [6.45, 7) is 5.58. The van der Waals surface area contributed by atoms with Gasteiger partial charge in [-0.1, -0.05) is 6.07 Å². The van der Waals surface area contributed by atoms with Gasteiger partial charge in [0, 0.05) is 37.8 Å². The van der Waals surface area contributed by atoms with E-state index in [0.29, 0.717) is 23.7 Å². The van der Waals surface area contributed by atoms with Gasteiger partial charge in [-0.25, -0.2) is 4.39 Å². The van der Waals surface area contributed by atoms with Crippen molar-refractivity contribution in [3.8, 4) is 16.9 Å². The van der Waals surface area contributed by atoms with Crippen molar-refractivity contribution >= 4 is 23.2 Å². The van der Waals surface area contributed by atoms with Crippen molar-refractivity contribution in [3.63, 3.8) is 0 Å². The molecular formula is C28H28F4N4O4. The Morgan fingerprint density at radius 1 is 1.10 bits per heavy atom. The molecule has 2 N–H and O–H groups in total. The number of H-pyrrole nitrogens is 1. The van der Waals surface area contributed by atoms with Gasteiger partial charge in [-0.3, -0.25) is 19.3 Å². The van der Waals surface area contributed by atoms with Gasteiger partial charge in [0.05, 0.1) is 29.1 Å². The lowest BCUT2D eigenvalue weighted by molar-refractivity contribution is -0.137. The number of pyridine rings is 1. The number of aromatic amines is 1. The Morgan fingerprint density at radius 2 is 1.82 bits per heavy atom. The molecule has 1 aromatic heterocycles. The fourth-order valence-electron chi connectivity index (χ4n) is 4.40. The second kappa shape index (κ2) is 11.9. The van der Waals surface area contributed by atoms with Gasteiger partial charge in [0.15, 0.2) is 0 Å². The first-order valence-electron chi connectivity index (χ1n) is 12.7. The van der Waals surface area contributed by atoms with Crippen LogP contribution in [0, 0.1) is 5.82 Å². The number of hydrogen-bond acceptors (Lipinski definition) is 5. The summed E-state index contributed by atoms with van der Waals surface area (Å²) in [5, 5.41) is 2.61. The number of hydrogen-bond donors (Lipinski definition) is 2. The van der Waals surface area contributed by atoms with Gasteiger partial charge in [-0.2, -0.15) is 13.2 Å². The van der Waals surface area contributed by atoms with E-state index in [1.54, 1.807) is 6.92 Å². The minimum atomic E-state index is -4.74. The Bertz CT molecular complexity index is 1470. The van der Waals surface area contributed by atoms with Crippen LogP contribution in [0.25, 0.3) is 11.1 Å². The summed E-state index contributed by atoms with van der Waals surface area (Å²) in [7, 11) is 0. The van der Waals surface area contributed by atoms with Gasteiger partial charge in [0.2, 0.25) is 5.91 Å². The van der Waals surface area contributed by atoms with Crippen LogP contribution in [0.2, 0.25) is 0 Å². The van der Waals surface area contributed by atoms with Gasteiger partial charge >= 0.3 is 6.18 Å². The first kappa shape index (κ1) is 28.8. The molecule has 2 heterocycles. The SMILES string of the molecule is CCOc1cc(=O)[nH]cc1-c1ccc(N(C(C)=O)c2ccc(C(F)(F)F)cc2C(=O)NCCN2CCC2)c(F)c1. The van der Waals surface area contributed by atoms with Crippen molar-refractivity contribution in [1.29, 1.82) is 0 Å². The van der Waals surface area contributed by atoms with Gasteiger partial charge in [-0.15, -0.1) is 0 Å². The third-order valence-corrected chi connectivity index (χ3v) is 6.47. The number of nitrogens with one attached hydrogen (secondary N) is 2. The third kappa shape index (κ3) is 6.33. The summed E-state index contributed by atoms with van der Waals surface area (Å²) in [6, 6.07) is 7.46. The van der Waals surface area contributed by atoms with Crippen molar-refractivity contribution in [3.05, 3.63) is 76.0 Å². The second-order valence-corrected chi connectivity index (χ2v) is 9.21. The summed E-state index contributed by atoms with van der Waals surface area (Å²) in [4.78, 5) is 43.0. The zero-order valence-corrected chi connectivity index (χ0v) is 21.9. The summed E-state index contributed by atoms with van der Waals surface area (Å²) >= 11 is 0. The highest BCUT2D eigenvalue weighted by atomic mass is 19.4. The predicted molar refractivity (Wildman–Crippen MR) is 141 cm³/mol. The molecule has 40 heavy (non-hydrogen) atoms. The van der Waals surface area contributed by atoms with Crippen LogP contribution in [-0.4, -0.2) is 54.5 Å². The van der Waals surface area contributed by atoms with Crippen molar-refractivity contribution in [2.75, 3.05) is 37.7 Å². The normalized spacial score (nSPS) is 13.4. The summed E-state index contributed by atoms with van der Waals surface area (Å²) < 4.78 is 61.6. The number of carbonyl (C=O) groups is 2. The maximum atomic E-state index is 15.6. The van der Waals surface area contributed by atoms with Gasteiger partial charge in [0.25, 0.3) is 11.5 Å². The van der Waals surface area contributed by atoms with Gasteiger partial charge in [0.1, 0.15) is 11.6 Å². The van der Waals surface area contributed by atoms with Crippen LogP contribution in [0.4, 0.5) is 28.9 Å². The van der Waals surface area contributed by atoms with Gasteiger partial charge < -0.3 is 19.9 Å². The van der Waals surface area contributed by atoms with E-state index in [1.807, 2.05) is 0 Å². The molecule has 0 unspecified atom stereocenters. The molecule has 12 heteroatoms. The zero-order valence-electron chi connectivity index (χ0n) is 21.9. The molecule has 1 aliphatic heterocycles. The monoisotopic (exact) mass is 560 g/mol. The van der Waals surface area contributed by atoms with Crippen LogP contribution >= 0.6 is 0 Å². The molecule has 0 bridgehead atoms. The molecule has 8 nitrogen and oxygen atoms in total. The molecule has 0 atom stereocenters. The van der Waals surface area contributed by atoms with E-state index in [9.17, 15) is 27.6 Å².